The molecule has 0 unspecified atom stereocenters. The van der Waals surface area contributed by atoms with Gasteiger partial charge in [0.25, 0.3) is 11.8 Å². The van der Waals surface area contributed by atoms with Crippen molar-refractivity contribution in [3.63, 3.8) is 0 Å². The Labute approximate surface area is 189 Å². The molecule has 0 atom stereocenters. The molecule has 0 spiro atoms. The van der Waals surface area contributed by atoms with Crippen LogP contribution in [0.1, 0.15) is 27.2 Å². The number of nitrogens with zero attached hydrogens (tertiary/aromatic N) is 1. The van der Waals surface area contributed by atoms with Gasteiger partial charge in [-0.25, -0.2) is 4.79 Å². The number of rotatable bonds is 4. The molecule has 0 radical (unpaired) electrons. The summed E-state index contributed by atoms with van der Waals surface area (Å²) in [7, 11) is 0. The molecule has 1 aromatic heterocycles. The number of carboxylic acid groups (broad SMARTS) is 1. The molecule has 1 aliphatic heterocycles. The van der Waals surface area contributed by atoms with Gasteiger partial charge in [0, 0.05) is 5.56 Å². The molecule has 32 heavy (non-hydrogen) atoms. The van der Waals surface area contributed by atoms with E-state index in [4.69, 9.17) is 16.6 Å². The summed E-state index contributed by atoms with van der Waals surface area (Å²) in [6.07, 6.45) is 1.35. The molecule has 0 bridgehead atoms. The number of carboxylic acids is 1. The van der Waals surface area contributed by atoms with E-state index >= 15 is 0 Å². The van der Waals surface area contributed by atoms with Crippen LogP contribution in [0, 0.1) is 13.8 Å². The molecule has 2 N–H and O–H groups in total. The van der Waals surface area contributed by atoms with Crippen LogP contribution in [-0.2, 0) is 9.59 Å². The molecule has 0 saturated carbocycles. The topological polar surface area (TPSA) is 99.8 Å². The number of carbonyl (C=O) groups excluding carboxylic acids is 2. The summed E-state index contributed by atoms with van der Waals surface area (Å²) in [5.74, 6) is -1.51. The van der Waals surface area contributed by atoms with Gasteiger partial charge in [0.1, 0.15) is 17.1 Å². The Kier molecular flexibility index (Phi) is 5.46. The minimum absolute atomic E-state index is 0.00712. The van der Waals surface area contributed by atoms with Crippen molar-refractivity contribution in [1.29, 1.82) is 0 Å². The summed E-state index contributed by atoms with van der Waals surface area (Å²) in [5.41, 5.74) is 2.61. The van der Waals surface area contributed by atoms with Crippen molar-refractivity contribution in [2.45, 2.75) is 13.8 Å². The van der Waals surface area contributed by atoms with Crippen molar-refractivity contribution in [3.8, 4) is 11.3 Å². The van der Waals surface area contributed by atoms with Gasteiger partial charge in [0.2, 0.25) is 0 Å². The quantitative estimate of drug-likeness (QED) is 0.356. The van der Waals surface area contributed by atoms with E-state index in [2.05, 4.69) is 5.32 Å². The van der Waals surface area contributed by atoms with Crippen LogP contribution in [0.5, 0.6) is 0 Å². The second kappa shape index (κ2) is 8.24. The number of thiocarbonyl (C=S) groups is 1. The second-order valence-corrected chi connectivity index (χ2v) is 7.62. The smallest absolute Gasteiger partial charge is 0.335 e. The van der Waals surface area contributed by atoms with Gasteiger partial charge in [0.15, 0.2) is 5.11 Å². The van der Waals surface area contributed by atoms with Gasteiger partial charge in [0.05, 0.1) is 11.3 Å². The number of aryl methyl sites for hydroxylation is 1. The van der Waals surface area contributed by atoms with Crippen LogP contribution in [0.4, 0.5) is 5.69 Å². The lowest BCUT2D eigenvalue weighted by molar-refractivity contribution is -0.122. The van der Waals surface area contributed by atoms with E-state index in [1.54, 1.807) is 43.3 Å². The number of aromatic carboxylic acids is 1. The number of hydrogen-bond donors (Lipinski definition) is 2. The summed E-state index contributed by atoms with van der Waals surface area (Å²) in [6.45, 7) is 3.54. The SMILES string of the molecule is Cc1ccccc1N1C(=O)C(=Cc2ccc(-c3cccc(C(=O)O)c3C)o2)C(=O)NC1=S. The Morgan fingerprint density at radius 3 is 2.53 bits per heavy atom. The third-order valence-corrected chi connectivity index (χ3v) is 5.49. The Bertz CT molecular complexity index is 1320. The molecular weight excluding hydrogens is 428 g/mol. The molecule has 7 nitrogen and oxygen atoms in total. The molecule has 1 fully saturated rings. The summed E-state index contributed by atoms with van der Waals surface area (Å²) in [4.78, 5) is 38.4. The zero-order valence-electron chi connectivity index (χ0n) is 17.2. The van der Waals surface area contributed by atoms with Gasteiger partial charge in [-0.2, -0.15) is 0 Å². The highest BCUT2D eigenvalue weighted by molar-refractivity contribution is 7.80. The fourth-order valence-electron chi connectivity index (χ4n) is 3.54. The molecule has 1 aliphatic rings. The van der Waals surface area contributed by atoms with Crippen LogP contribution in [0.3, 0.4) is 0 Å². The van der Waals surface area contributed by atoms with Crippen molar-refractivity contribution < 1.29 is 23.9 Å². The van der Waals surface area contributed by atoms with Gasteiger partial charge in [-0.15, -0.1) is 0 Å². The van der Waals surface area contributed by atoms with E-state index in [-0.39, 0.29) is 22.0 Å². The Balaban J connectivity index is 1.71. The zero-order chi connectivity index (χ0) is 23.0. The monoisotopic (exact) mass is 446 g/mol. The van der Waals surface area contributed by atoms with E-state index in [9.17, 15) is 19.5 Å². The highest BCUT2D eigenvalue weighted by Gasteiger charge is 2.35. The Morgan fingerprint density at radius 2 is 1.81 bits per heavy atom. The fourth-order valence-corrected chi connectivity index (χ4v) is 3.82. The molecule has 3 aromatic rings. The maximum absolute atomic E-state index is 13.2. The summed E-state index contributed by atoms with van der Waals surface area (Å²) >= 11 is 5.23. The van der Waals surface area contributed by atoms with Crippen LogP contribution >= 0.6 is 12.2 Å². The highest BCUT2D eigenvalue weighted by atomic mass is 32.1. The number of furan rings is 1. The lowest BCUT2D eigenvalue weighted by Crippen LogP contribution is -2.54. The largest absolute Gasteiger partial charge is 0.478 e. The number of hydrogen-bond acceptors (Lipinski definition) is 5. The second-order valence-electron chi connectivity index (χ2n) is 7.23. The number of carbonyl (C=O) groups is 3. The van der Waals surface area contributed by atoms with Crippen molar-refractivity contribution in [2.75, 3.05) is 4.90 Å². The molecule has 2 aromatic carbocycles. The number of para-hydroxylation sites is 1. The Morgan fingerprint density at radius 1 is 1.06 bits per heavy atom. The number of benzene rings is 2. The van der Waals surface area contributed by atoms with Crippen molar-refractivity contribution >= 4 is 46.9 Å². The maximum Gasteiger partial charge on any atom is 0.335 e. The van der Waals surface area contributed by atoms with Crippen molar-refractivity contribution in [1.82, 2.24) is 5.32 Å². The van der Waals surface area contributed by atoms with Gasteiger partial charge < -0.3 is 9.52 Å². The first-order chi connectivity index (χ1) is 15.3. The van der Waals surface area contributed by atoms with Gasteiger partial charge >= 0.3 is 5.97 Å². The van der Waals surface area contributed by atoms with E-state index in [0.717, 1.165) is 5.56 Å². The molecule has 2 heterocycles. The third kappa shape index (κ3) is 3.72. The first kappa shape index (κ1) is 21.2. The van der Waals surface area contributed by atoms with E-state index in [1.807, 2.05) is 19.1 Å². The average Bonchev–Trinajstić information content (AvgIpc) is 3.20. The number of amides is 2. The molecule has 2 amide bonds. The lowest BCUT2D eigenvalue weighted by Gasteiger charge is -2.29. The van der Waals surface area contributed by atoms with Crippen molar-refractivity contribution in [2.24, 2.45) is 0 Å². The molecule has 160 valence electrons. The van der Waals surface area contributed by atoms with Crippen LogP contribution in [0.25, 0.3) is 17.4 Å². The van der Waals surface area contributed by atoms with E-state index < -0.39 is 17.8 Å². The maximum atomic E-state index is 13.2. The Hall–Kier alpha value is -4.04. The molecular formula is C24H18N2O5S. The van der Waals surface area contributed by atoms with Gasteiger partial charge in [-0.05, 0) is 67.5 Å². The van der Waals surface area contributed by atoms with Crippen LogP contribution in [0.15, 0.2) is 64.6 Å². The van der Waals surface area contributed by atoms with Gasteiger partial charge in [-0.3, -0.25) is 19.8 Å². The summed E-state index contributed by atoms with van der Waals surface area (Å²) in [5, 5.41) is 11.9. The van der Waals surface area contributed by atoms with E-state index in [0.29, 0.717) is 22.6 Å². The summed E-state index contributed by atoms with van der Waals surface area (Å²) in [6, 6.07) is 15.4. The number of nitrogens with one attached hydrogen (secondary N) is 1. The lowest BCUT2D eigenvalue weighted by atomic mass is 10.0. The standard InChI is InChI=1S/C24H18N2O5S/c1-13-6-3-4-9-19(13)26-22(28)18(21(27)25-24(26)32)12-15-10-11-20(31-15)16-7-5-8-17(14(16)2)23(29)30/h3-12H,1-2H3,(H,29,30)(H,25,27,32). The van der Waals surface area contributed by atoms with Gasteiger partial charge in [-0.1, -0.05) is 30.3 Å². The first-order valence-electron chi connectivity index (χ1n) is 9.68. The fraction of sp³-hybridized carbons (Fsp3) is 0.0833. The number of anilines is 1. The zero-order valence-corrected chi connectivity index (χ0v) is 18.0. The predicted octanol–water partition coefficient (Wildman–Crippen LogP) is 4.09. The van der Waals surface area contributed by atoms with Crippen molar-refractivity contribution in [3.05, 3.63) is 82.6 Å². The van der Waals surface area contributed by atoms with Crippen LogP contribution in [0.2, 0.25) is 0 Å². The predicted molar refractivity (Wildman–Crippen MR) is 123 cm³/mol. The average molecular weight is 446 g/mol. The normalized spacial score (nSPS) is 15.2. The minimum Gasteiger partial charge on any atom is -0.478 e. The van der Waals surface area contributed by atoms with Crippen LogP contribution in [-0.4, -0.2) is 28.0 Å². The molecule has 8 heteroatoms. The molecule has 0 aliphatic carbocycles. The highest BCUT2D eigenvalue weighted by Crippen LogP contribution is 2.30. The van der Waals surface area contributed by atoms with Crippen LogP contribution < -0.4 is 10.2 Å². The molecule has 4 rings (SSSR count). The first-order valence-corrected chi connectivity index (χ1v) is 10.1. The molecule has 1 saturated heterocycles. The van der Waals surface area contributed by atoms with E-state index in [1.165, 1.54) is 17.0 Å². The summed E-state index contributed by atoms with van der Waals surface area (Å²) < 4.78 is 5.82. The third-order valence-electron chi connectivity index (χ3n) is 5.20. The minimum atomic E-state index is -1.03.